The lowest BCUT2D eigenvalue weighted by molar-refractivity contribution is -0.120. The lowest BCUT2D eigenvalue weighted by Gasteiger charge is -2.06. The zero-order valence-corrected chi connectivity index (χ0v) is 14.1. The first-order chi connectivity index (χ1) is 11.7. The lowest BCUT2D eigenvalue weighted by atomic mass is 10.0. The number of rotatable bonds is 6. The van der Waals surface area contributed by atoms with Gasteiger partial charge < -0.3 is 14.2 Å². The molecule has 0 radical (unpaired) electrons. The van der Waals surface area contributed by atoms with Gasteiger partial charge in [0.2, 0.25) is 0 Å². The van der Waals surface area contributed by atoms with Crippen LogP contribution >= 0.6 is 11.3 Å². The fourth-order valence-corrected chi connectivity index (χ4v) is 3.42. The van der Waals surface area contributed by atoms with E-state index in [9.17, 15) is 4.79 Å². The topological polar surface area (TPSA) is 44.8 Å². The molecule has 0 N–H and O–H groups in total. The van der Waals surface area contributed by atoms with Crippen molar-refractivity contribution in [2.45, 2.75) is 0 Å². The van der Waals surface area contributed by atoms with Crippen LogP contribution in [0.25, 0.3) is 21.6 Å². The monoisotopic (exact) mass is 340 g/mol. The second-order valence-corrected chi connectivity index (χ2v) is 5.99. The highest BCUT2D eigenvalue weighted by molar-refractivity contribution is 7.18. The van der Waals surface area contributed by atoms with E-state index in [1.54, 1.807) is 14.2 Å². The fourth-order valence-electron chi connectivity index (χ4n) is 2.42. The highest BCUT2D eigenvalue weighted by atomic mass is 32.1. The van der Waals surface area contributed by atoms with Crippen LogP contribution in [0.3, 0.4) is 0 Å². The van der Waals surface area contributed by atoms with Gasteiger partial charge in [-0.2, -0.15) is 0 Å². The molecule has 0 fully saturated rings. The summed E-state index contributed by atoms with van der Waals surface area (Å²) in [5, 5.41) is 0.557. The zero-order chi connectivity index (χ0) is 16.9. The van der Waals surface area contributed by atoms with Crippen molar-refractivity contribution in [2.75, 3.05) is 14.2 Å². The number of hydrogen-bond acceptors (Lipinski definition) is 5. The van der Waals surface area contributed by atoms with Crippen molar-refractivity contribution in [3.05, 3.63) is 54.6 Å². The maximum absolute atomic E-state index is 10.7. The minimum absolute atomic E-state index is 0.446. The van der Waals surface area contributed by atoms with Gasteiger partial charge in [-0.3, -0.25) is 4.79 Å². The third-order valence-corrected chi connectivity index (χ3v) is 4.70. The second-order valence-electron chi connectivity index (χ2n) is 4.98. The van der Waals surface area contributed by atoms with Crippen LogP contribution in [-0.4, -0.2) is 20.7 Å². The molecule has 0 aliphatic heterocycles. The first-order valence-corrected chi connectivity index (χ1v) is 8.10. The van der Waals surface area contributed by atoms with Crippen LogP contribution in [0.4, 0.5) is 0 Å². The second kappa shape index (κ2) is 7.19. The van der Waals surface area contributed by atoms with E-state index in [4.69, 9.17) is 14.2 Å². The van der Waals surface area contributed by atoms with E-state index in [0.29, 0.717) is 11.5 Å². The number of benzene rings is 2. The van der Waals surface area contributed by atoms with Crippen LogP contribution in [-0.2, 0) is 4.79 Å². The largest absolute Gasteiger partial charge is 0.497 e. The molecular weight excluding hydrogens is 324 g/mol. The van der Waals surface area contributed by atoms with E-state index in [1.807, 2.05) is 54.6 Å². The Morgan fingerprint density at radius 1 is 0.833 bits per heavy atom. The van der Waals surface area contributed by atoms with Gasteiger partial charge >= 0.3 is 0 Å². The number of methoxy groups -OCH3 is 2. The number of carbonyl (C=O) groups excluding carboxylic acids is 1. The Morgan fingerprint density at radius 2 is 1.38 bits per heavy atom. The van der Waals surface area contributed by atoms with Crippen LogP contribution in [0, 0.1) is 0 Å². The predicted octanol–water partition coefficient (Wildman–Crippen LogP) is 4.63. The van der Waals surface area contributed by atoms with Gasteiger partial charge in [-0.25, -0.2) is 0 Å². The molecule has 0 aliphatic carbocycles. The number of carbonyl (C=O) groups is 1. The van der Waals surface area contributed by atoms with Crippen LogP contribution in [0.1, 0.15) is 0 Å². The maximum Gasteiger partial charge on any atom is 0.299 e. The van der Waals surface area contributed by atoms with Gasteiger partial charge in [-0.05, 0) is 47.5 Å². The summed E-state index contributed by atoms with van der Waals surface area (Å²) >= 11 is 1.43. The standard InChI is InChI=1S/C19H16O4S/c1-21-15-7-3-13(4-8-15)17-11-18(23-12-20)24-19(17)14-5-9-16(22-2)10-6-14/h3-12H,1-2H3. The summed E-state index contributed by atoms with van der Waals surface area (Å²) in [5.41, 5.74) is 3.07. The molecule has 1 heterocycles. The lowest BCUT2D eigenvalue weighted by Crippen LogP contribution is -1.84. The molecule has 0 aliphatic rings. The normalized spacial score (nSPS) is 10.2. The van der Waals surface area contributed by atoms with Gasteiger partial charge in [0.1, 0.15) is 11.5 Å². The van der Waals surface area contributed by atoms with Gasteiger partial charge in [-0.1, -0.05) is 23.5 Å². The fraction of sp³-hybridized carbons (Fsp3) is 0.105. The van der Waals surface area contributed by atoms with Crippen LogP contribution in [0.15, 0.2) is 54.6 Å². The third kappa shape index (κ3) is 3.26. The molecule has 3 aromatic rings. The summed E-state index contributed by atoms with van der Waals surface area (Å²) in [7, 11) is 3.28. The average Bonchev–Trinajstić information content (AvgIpc) is 3.06. The predicted molar refractivity (Wildman–Crippen MR) is 95.0 cm³/mol. The first-order valence-electron chi connectivity index (χ1n) is 7.28. The minimum Gasteiger partial charge on any atom is -0.497 e. The third-order valence-electron chi connectivity index (χ3n) is 3.63. The van der Waals surface area contributed by atoms with Crippen molar-refractivity contribution < 1.29 is 19.0 Å². The summed E-state index contributed by atoms with van der Waals surface area (Å²) in [4.78, 5) is 11.7. The summed E-state index contributed by atoms with van der Waals surface area (Å²) in [6, 6.07) is 17.5. The number of hydrogen-bond donors (Lipinski definition) is 0. The van der Waals surface area contributed by atoms with E-state index in [0.717, 1.165) is 33.1 Å². The van der Waals surface area contributed by atoms with Gasteiger partial charge in [-0.15, -0.1) is 0 Å². The SMILES string of the molecule is COc1ccc(-c2cc(OC=O)sc2-c2ccc(OC)cc2)cc1. The molecular formula is C19H16O4S. The van der Waals surface area contributed by atoms with Crippen molar-refractivity contribution in [1.82, 2.24) is 0 Å². The van der Waals surface area contributed by atoms with Crippen molar-refractivity contribution in [2.24, 2.45) is 0 Å². The van der Waals surface area contributed by atoms with E-state index >= 15 is 0 Å². The Hall–Kier alpha value is -2.79. The maximum atomic E-state index is 10.7. The minimum atomic E-state index is 0.446. The molecule has 0 amide bonds. The molecule has 122 valence electrons. The molecule has 0 bridgehead atoms. The van der Waals surface area contributed by atoms with Crippen LogP contribution in [0.2, 0.25) is 0 Å². The molecule has 1 aromatic heterocycles. The molecule has 3 rings (SSSR count). The highest BCUT2D eigenvalue weighted by Crippen LogP contribution is 2.43. The summed E-state index contributed by atoms with van der Waals surface area (Å²) in [6.07, 6.45) is 0. The highest BCUT2D eigenvalue weighted by Gasteiger charge is 2.14. The summed E-state index contributed by atoms with van der Waals surface area (Å²) in [5.74, 6) is 1.59. The van der Waals surface area contributed by atoms with E-state index < -0.39 is 0 Å². The molecule has 24 heavy (non-hydrogen) atoms. The zero-order valence-electron chi connectivity index (χ0n) is 13.3. The molecule has 4 nitrogen and oxygen atoms in total. The summed E-state index contributed by atoms with van der Waals surface area (Å²) < 4.78 is 15.5. The Morgan fingerprint density at radius 3 is 1.88 bits per heavy atom. The molecule has 0 atom stereocenters. The summed E-state index contributed by atoms with van der Waals surface area (Å²) in [6.45, 7) is 0.446. The van der Waals surface area contributed by atoms with Crippen LogP contribution < -0.4 is 14.2 Å². The number of thiophene rings is 1. The van der Waals surface area contributed by atoms with Gasteiger partial charge in [0, 0.05) is 16.5 Å². The van der Waals surface area contributed by atoms with E-state index in [-0.39, 0.29) is 0 Å². The van der Waals surface area contributed by atoms with Crippen LogP contribution in [0.5, 0.6) is 16.6 Å². The molecule has 0 saturated carbocycles. The van der Waals surface area contributed by atoms with Crippen molar-refractivity contribution in [1.29, 1.82) is 0 Å². The Kier molecular flexibility index (Phi) is 4.82. The average molecular weight is 340 g/mol. The smallest absolute Gasteiger partial charge is 0.299 e. The Balaban J connectivity index is 2.07. The van der Waals surface area contributed by atoms with Gasteiger partial charge in [0.15, 0.2) is 5.06 Å². The molecule has 5 heteroatoms. The van der Waals surface area contributed by atoms with Crippen molar-refractivity contribution in [3.8, 4) is 38.1 Å². The van der Waals surface area contributed by atoms with E-state index in [1.165, 1.54) is 11.3 Å². The molecule has 0 unspecified atom stereocenters. The first kappa shape index (κ1) is 16.1. The van der Waals surface area contributed by atoms with Gasteiger partial charge in [0.25, 0.3) is 6.47 Å². The van der Waals surface area contributed by atoms with Gasteiger partial charge in [0.05, 0.1) is 14.2 Å². The van der Waals surface area contributed by atoms with Crippen molar-refractivity contribution in [3.63, 3.8) is 0 Å². The molecule has 0 saturated heterocycles. The molecule has 0 spiro atoms. The Bertz CT molecular complexity index is 755. The Labute approximate surface area is 144 Å². The quantitative estimate of drug-likeness (QED) is 0.614. The number of ether oxygens (including phenoxy) is 3. The van der Waals surface area contributed by atoms with E-state index in [2.05, 4.69) is 0 Å². The molecule has 2 aromatic carbocycles. The van der Waals surface area contributed by atoms with Crippen molar-refractivity contribution >= 4 is 17.8 Å².